The maximum Gasteiger partial charge on any atom is 0.232 e. The van der Waals surface area contributed by atoms with Crippen LogP contribution in [-0.4, -0.2) is 5.91 Å². The minimum atomic E-state index is 0.00231. The van der Waals surface area contributed by atoms with E-state index in [1.54, 1.807) is 0 Å². The largest absolute Gasteiger partial charge is 0.324 e. The van der Waals surface area contributed by atoms with Crippen LogP contribution in [0.15, 0.2) is 22.7 Å². The average molecular weight is 254 g/mol. The van der Waals surface area contributed by atoms with Gasteiger partial charge < -0.3 is 5.32 Å². The summed E-state index contributed by atoms with van der Waals surface area (Å²) in [6.45, 7) is 4.14. The molecule has 1 aromatic rings. The zero-order valence-corrected chi connectivity index (χ0v) is 9.76. The summed E-state index contributed by atoms with van der Waals surface area (Å²) in [5.74, 6) is 0.454. The molecule has 0 bridgehead atoms. The Morgan fingerprint density at radius 3 is 2.79 bits per heavy atom. The van der Waals surface area contributed by atoms with Crippen LogP contribution in [0.2, 0.25) is 0 Å². The molecule has 74 valence electrons. The lowest BCUT2D eigenvalue weighted by molar-refractivity contribution is -0.117. The SMILES string of the molecule is CC(C)C1C(=O)Nc2c(Br)cccc21. The first-order valence-corrected chi connectivity index (χ1v) is 5.50. The Morgan fingerprint density at radius 1 is 1.43 bits per heavy atom. The Morgan fingerprint density at radius 2 is 2.14 bits per heavy atom. The van der Waals surface area contributed by atoms with Crippen LogP contribution in [0.1, 0.15) is 25.3 Å². The molecule has 0 radical (unpaired) electrons. The molecule has 2 rings (SSSR count). The monoisotopic (exact) mass is 253 g/mol. The lowest BCUT2D eigenvalue weighted by Crippen LogP contribution is -2.16. The van der Waals surface area contributed by atoms with Crippen molar-refractivity contribution in [3.63, 3.8) is 0 Å². The number of para-hydroxylation sites is 1. The van der Waals surface area contributed by atoms with Crippen LogP contribution in [0.5, 0.6) is 0 Å². The van der Waals surface area contributed by atoms with E-state index < -0.39 is 0 Å². The molecule has 1 amide bonds. The van der Waals surface area contributed by atoms with Gasteiger partial charge in [-0.2, -0.15) is 0 Å². The number of fused-ring (bicyclic) bond motifs is 1. The molecule has 0 saturated heterocycles. The van der Waals surface area contributed by atoms with E-state index in [1.807, 2.05) is 18.2 Å². The first kappa shape index (κ1) is 9.71. The second-order valence-electron chi connectivity index (χ2n) is 3.92. The number of rotatable bonds is 1. The van der Waals surface area contributed by atoms with Gasteiger partial charge in [0.25, 0.3) is 0 Å². The van der Waals surface area contributed by atoms with Crippen molar-refractivity contribution in [2.24, 2.45) is 5.92 Å². The molecule has 1 aliphatic rings. The molecular formula is C11H12BrNO. The lowest BCUT2D eigenvalue weighted by atomic mass is 9.90. The summed E-state index contributed by atoms with van der Waals surface area (Å²) in [6, 6.07) is 5.93. The third kappa shape index (κ3) is 1.36. The fourth-order valence-corrected chi connectivity index (χ4v) is 2.42. The molecule has 3 heteroatoms. The standard InChI is InChI=1S/C11H12BrNO/c1-6(2)9-7-4-3-5-8(12)10(7)13-11(9)14/h3-6,9H,1-2H3,(H,13,14). The summed E-state index contributed by atoms with van der Waals surface area (Å²) in [5, 5.41) is 2.91. The molecule has 0 aliphatic carbocycles. The van der Waals surface area contributed by atoms with Gasteiger partial charge in [-0.05, 0) is 33.5 Å². The van der Waals surface area contributed by atoms with E-state index >= 15 is 0 Å². The number of carbonyl (C=O) groups excluding carboxylic acids is 1. The quantitative estimate of drug-likeness (QED) is 0.819. The van der Waals surface area contributed by atoms with Crippen molar-refractivity contribution in [3.05, 3.63) is 28.2 Å². The Bertz CT molecular complexity index is 387. The smallest absolute Gasteiger partial charge is 0.232 e. The maximum atomic E-state index is 11.7. The van der Waals surface area contributed by atoms with Crippen molar-refractivity contribution in [3.8, 4) is 0 Å². The van der Waals surface area contributed by atoms with Crippen molar-refractivity contribution in [1.29, 1.82) is 0 Å². The zero-order chi connectivity index (χ0) is 10.3. The van der Waals surface area contributed by atoms with E-state index in [2.05, 4.69) is 35.1 Å². The molecule has 0 spiro atoms. The van der Waals surface area contributed by atoms with Crippen molar-refractivity contribution >= 4 is 27.5 Å². The van der Waals surface area contributed by atoms with Crippen LogP contribution >= 0.6 is 15.9 Å². The highest BCUT2D eigenvalue weighted by Gasteiger charge is 2.33. The molecular weight excluding hydrogens is 242 g/mol. The molecule has 1 aromatic carbocycles. The van der Waals surface area contributed by atoms with Gasteiger partial charge in [-0.1, -0.05) is 26.0 Å². The van der Waals surface area contributed by atoms with Gasteiger partial charge in [-0.25, -0.2) is 0 Å². The molecule has 0 aromatic heterocycles. The molecule has 1 N–H and O–H groups in total. The maximum absolute atomic E-state index is 11.7. The molecule has 2 nitrogen and oxygen atoms in total. The minimum absolute atomic E-state index is 0.00231. The second-order valence-corrected chi connectivity index (χ2v) is 4.77. The van der Waals surface area contributed by atoms with Crippen molar-refractivity contribution in [2.45, 2.75) is 19.8 Å². The number of benzene rings is 1. The fraction of sp³-hybridized carbons (Fsp3) is 0.364. The lowest BCUT2D eigenvalue weighted by Gasteiger charge is -2.12. The molecule has 14 heavy (non-hydrogen) atoms. The highest BCUT2D eigenvalue weighted by Crippen LogP contribution is 2.40. The first-order chi connectivity index (χ1) is 6.61. The first-order valence-electron chi connectivity index (χ1n) is 4.70. The number of carbonyl (C=O) groups is 1. The highest BCUT2D eigenvalue weighted by molar-refractivity contribution is 9.10. The number of nitrogens with one attached hydrogen (secondary N) is 1. The molecule has 1 heterocycles. The predicted octanol–water partition coefficient (Wildman–Crippen LogP) is 3.14. The summed E-state index contributed by atoms with van der Waals surface area (Å²) in [6.07, 6.45) is 0. The Labute approximate surface area is 91.8 Å². The minimum Gasteiger partial charge on any atom is -0.324 e. The van der Waals surface area contributed by atoms with Gasteiger partial charge in [0.15, 0.2) is 0 Å². The summed E-state index contributed by atoms with van der Waals surface area (Å²) in [5.41, 5.74) is 2.05. The summed E-state index contributed by atoms with van der Waals surface area (Å²) in [4.78, 5) is 11.7. The van der Waals surface area contributed by atoms with Crippen LogP contribution in [-0.2, 0) is 4.79 Å². The Kier molecular flexibility index (Phi) is 2.35. The van der Waals surface area contributed by atoms with Crippen LogP contribution in [0.3, 0.4) is 0 Å². The zero-order valence-electron chi connectivity index (χ0n) is 8.17. The Hall–Kier alpha value is -0.830. The average Bonchev–Trinajstić information content (AvgIpc) is 2.42. The number of hydrogen-bond donors (Lipinski definition) is 1. The van der Waals surface area contributed by atoms with Crippen LogP contribution in [0.4, 0.5) is 5.69 Å². The van der Waals surface area contributed by atoms with Gasteiger partial charge in [0.05, 0.1) is 11.6 Å². The number of anilines is 1. The van der Waals surface area contributed by atoms with E-state index in [9.17, 15) is 4.79 Å². The third-order valence-corrected chi connectivity index (χ3v) is 3.24. The normalized spacial score (nSPS) is 19.7. The second kappa shape index (κ2) is 3.39. The van der Waals surface area contributed by atoms with E-state index in [4.69, 9.17) is 0 Å². The topological polar surface area (TPSA) is 29.1 Å². The fourth-order valence-electron chi connectivity index (χ4n) is 1.94. The molecule has 1 aliphatic heterocycles. The van der Waals surface area contributed by atoms with Gasteiger partial charge >= 0.3 is 0 Å². The number of amides is 1. The molecule has 1 unspecified atom stereocenters. The predicted molar refractivity (Wildman–Crippen MR) is 60.4 cm³/mol. The molecule has 0 saturated carbocycles. The van der Waals surface area contributed by atoms with E-state index in [0.717, 1.165) is 15.7 Å². The van der Waals surface area contributed by atoms with Crippen LogP contribution < -0.4 is 5.32 Å². The summed E-state index contributed by atoms with van der Waals surface area (Å²) < 4.78 is 0.964. The van der Waals surface area contributed by atoms with Crippen molar-refractivity contribution in [2.75, 3.05) is 5.32 Å². The van der Waals surface area contributed by atoms with E-state index in [0.29, 0.717) is 5.92 Å². The summed E-state index contributed by atoms with van der Waals surface area (Å²) in [7, 11) is 0. The third-order valence-electron chi connectivity index (χ3n) is 2.58. The van der Waals surface area contributed by atoms with Crippen LogP contribution in [0.25, 0.3) is 0 Å². The highest BCUT2D eigenvalue weighted by atomic mass is 79.9. The van der Waals surface area contributed by atoms with Gasteiger partial charge in [-0.15, -0.1) is 0 Å². The van der Waals surface area contributed by atoms with Gasteiger partial charge in [0, 0.05) is 4.47 Å². The summed E-state index contributed by atoms with van der Waals surface area (Å²) >= 11 is 3.44. The molecule has 0 fully saturated rings. The van der Waals surface area contributed by atoms with Crippen LogP contribution in [0, 0.1) is 5.92 Å². The van der Waals surface area contributed by atoms with E-state index in [1.165, 1.54) is 0 Å². The van der Waals surface area contributed by atoms with Crippen molar-refractivity contribution in [1.82, 2.24) is 0 Å². The number of hydrogen-bond acceptors (Lipinski definition) is 1. The molecule has 1 atom stereocenters. The number of halogens is 1. The van der Waals surface area contributed by atoms with E-state index in [-0.39, 0.29) is 11.8 Å². The van der Waals surface area contributed by atoms with Crippen molar-refractivity contribution < 1.29 is 4.79 Å². The van der Waals surface area contributed by atoms with Gasteiger partial charge in [0.2, 0.25) is 5.91 Å². The Balaban J connectivity index is 2.53. The van der Waals surface area contributed by atoms with Gasteiger partial charge in [-0.3, -0.25) is 4.79 Å². The van der Waals surface area contributed by atoms with Gasteiger partial charge in [0.1, 0.15) is 0 Å².